The van der Waals surface area contributed by atoms with Crippen LogP contribution in [0.5, 0.6) is 11.5 Å². The number of hydrogen-bond donors (Lipinski definition) is 1. The molecule has 0 aliphatic rings. The van der Waals surface area contributed by atoms with Crippen molar-refractivity contribution in [2.75, 3.05) is 27.8 Å². The maximum absolute atomic E-state index is 12.6. The number of hydrogen-bond acceptors (Lipinski definition) is 6. The van der Waals surface area contributed by atoms with Crippen molar-refractivity contribution in [2.24, 2.45) is 5.73 Å². The molecule has 0 saturated heterocycles. The van der Waals surface area contributed by atoms with Gasteiger partial charge in [0.05, 0.1) is 19.9 Å². The van der Waals surface area contributed by atoms with E-state index < -0.39 is 0 Å². The lowest BCUT2D eigenvalue weighted by molar-refractivity contribution is 0.0752. The summed E-state index contributed by atoms with van der Waals surface area (Å²) in [4.78, 5) is 19.5. The number of nitrogens with zero attached hydrogens (tertiary/aromatic N) is 2. The van der Waals surface area contributed by atoms with E-state index in [-0.39, 0.29) is 36.8 Å². The lowest BCUT2D eigenvalue weighted by atomic mass is 10.2. The van der Waals surface area contributed by atoms with E-state index in [2.05, 4.69) is 4.98 Å². The smallest absolute Gasteiger partial charge is 0.265 e. The molecule has 1 unspecified atom stereocenters. The van der Waals surface area contributed by atoms with Crippen LogP contribution in [0.15, 0.2) is 18.2 Å². The molecule has 6 nitrogen and oxygen atoms in total. The fraction of sp³-hybridized carbons (Fsp3) is 0.412. The lowest BCUT2D eigenvalue weighted by Gasteiger charge is -2.23. The average Bonchev–Trinajstić information content (AvgIpc) is 3.00. The summed E-state index contributed by atoms with van der Waals surface area (Å²) < 4.78 is 10.6. The number of halogens is 2. The molecular formula is C17H25Cl2N3O3S. The van der Waals surface area contributed by atoms with Crippen LogP contribution < -0.4 is 15.2 Å². The topological polar surface area (TPSA) is 77.7 Å². The molecule has 1 aromatic carbocycles. The molecule has 0 aliphatic carbocycles. The highest BCUT2D eigenvalue weighted by molar-refractivity contribution is 7.17. The summed E-state index contributed by atoms with van der Waals surface area (Å²) >= 11 is 1.37. The second-order valence-electron chi connectivity index (χ2n) is 5.50. The van der Waals surface area contributed by atoms with Crippen LogP contribution in [0.2, 0.25) is 0 Å². The molecule has 26 heavy (non-hydrogen) atoms. The van der Waals surface area contributed by atoms with Crippen molar-refractivity contribution in [3.8, 4) is 22.1 Å². The Morgan fingerprint density at radius 2 is 1.88 bits per heavy atom. The van der Waals surface area contributed by atoms with E-state index in [1.54, 1.807) is 26.2 Å². The van der Waals surface area contributed by atoms with Crippen LogP contribution in [0.4, 0.5) is 0 Å². The molecule has 0 bridgehead atoms. The van der Waals surface area contributed by atoms with Gasteiger partial charge >= 0.3 is 0 Å². The summed E-state index contributed by atoms with van der Waals surface area (Å²) in [5.74, 6) is 1.22. The van der Waals surface area contributed by atoms with E-state index >= 15 is 0 Å². The SMILES string of the molecule is COc1ccc(-c2nc(C)c(C(=O)N(C)C(C)CN)s2)cc1OC.Cl.Cl. The molecule has 2 N–H and O–H groups in total. The van der Waals surface area contributed by atoms with E-state index in [4.69, 9.17) is 15.2 Å². The Morgan fingerprint density at radius 1 is 1.27 bits per heavy atom. The number of thiazole rings is 1. The third kappa shape index (κ3) is 5.01. The number of carbonyl (C=O) groups excluding carboxylic acids is 1. The van der Waals surface area contributed by atoms with Crippen molar-refractivity contribution in [3.05, 3.63) is 28.8 Å². The summed E-state index contributed by atoms with van der Waals surface area (Å²) in [5.41, 5.74) is 7.25. The first-order valence-corrected chi connectivity index (χ1v) is 8.41. The van der Waals surface area contributed by atoms with Gasteiger partial charge in [-0.25, -0.2) is 4.98 Å². The lowest BCUT2D eigenvalue weighted by Crippen LogP contribution is -2.39. The van der Waals surface area contributed by atoms with Gasteiger partial charge in [-0.05, 0) is 32.0 Å². The number of likely N-dealkylation sites (N-methyl/N-ethyl adjacent to an activating group) is 1. The fourth-order valence-corrected chi connectivity index (χ4v) is 3.25. The molecular weight excluding hydrogens is 397 g/mol. The molecule has 1 heterocycles. The summed E-state index contributed by atoms with van der Waals surface area (Å²) in [6.45, 7) is 4.18. The van der Waals surface area contributed by atoms with Gasteiger partial charge in [-0.2, -0.15) is 0 Å². The van der Waals surface area contributed by atoms with Crippen molar-refractivity contribution in [3.63, 3.8) is 0 Å². The molecule has 1 aromatic heterocycles. The molecule has 1 atom stereocenters. The number of aromatic nitrogens is 1. The maximum atomic E-state index is 12.6. The highest BCUT2D eigenvalue weighted by Gasteiger charge is 2.22. The zero-order valence-corrected chi connectivity index (χ0v) is 17.9. The Morgan fingerprint density at radius 3 is 2.42 bits per heavy atom. The van der Waals surface area contributed by atoms with Crippen molar-refractivity contribution in [1.82, 2.24) is 9.88 Å². The minimum atomic E-state index is -0.0605. The molecule has 0 spiro atoms. The molecule has 9 heteroatoms. The van der Waals surface area contributed by atoms with Crippen molar-refractivity contribution in [1.29, 1.82) is 0 Å². The zero-order chi connectivity index (χ0) is 17.9. The van der Waals surface area contributed by atoms with E-state index in [9.17, 15) is 4.79 Å². The molecule has 0 radical (unpaired) electrons. The summed E-state index contributed by atoms with van der Waals surface area (Å²) in [7, 11) is 4.94. The van der Waals surface area contributed by atoms with Crippen LogP contribution in [0.1, 0.15) is 22.3 Å². The Balaban J connectivity index is 0.00000312. The summed E-state index contributed by atoms with van der Waals surface area (Å²) in [6, 6.07) is 5.57. The predicted molar refractivity (Wildman–Crippen MR) is 110 cm³/mol. The van der Waals surface area contributed by atoms with Gasteiger partial charge in [-0.3, -0.25) is 4.79 Å². The van der Waals surface area contributed by atoms with Gasteiger partial charge in [0, 0.05) is 25.2 Å². The minimum Gasteiger partial charge on any atom is -0.493 e. The van der Waals surface area contributed by atoms with Crippen LogP contribution in [0.25, 0.3) is 10.6 Å². The molecule has 0 aliphatic heterocycles. The molecule has 0 fully saturated rings. The number of methoxy groups -OCH3 is 2. The normalized spacial score (nSPS) is 11.0. The highest BCUT2D eigenvalue weighted by atomic mass is 35.5. The van der Waals surface area contributed by atoms with E-state index in [1.807, 2.05) is 32.0 Å². The maximum Gasteiger partial charge on any atom is 0.265 e. The molecule has 2 aromatic rings. The summed E-state index contributed by atoms with van der Waals surface area (Å²) in [6.07, 6.45) is 0. The first-order valence-electron chi connectivity index (χ1n) is 7.60. The molecule has 0 saturated carbocycles. The van der Waals surface area contributed by atoms with Gasteiger partial charge in [0.25, 0.3) is 5.91 Å². The Kier molecular flexibility index (Phi) is 9.94. The van der Waals surface area contributed by atoms with Crippen LogP contribution >= 0.6 is 36.2 Å². The molecule has 146 valence electrons. The van der Waals surface area contributed by atoms with E-state index in [0.29, 0.717) is 28.6 Å². The van der Waals surface area contributed by atoms with E-state index in [1.165, 1.54) is 11.3 Å². The van der Waals surface area contributed by atoms with E-state index in [0.717, 1.165) is 10.6 Å². The second kappa shape index (κ2) is 10.6. The number of carbonyl (C=O) groups is 1. The largest absolute Gasteiger partial charge is 0.493 e. The number of amides is 1. The van der Waals surface area contributed by atoms with Gasteiger partial charge in [0.2, 0.25) is 0 Å². The van der Waals surface area contributed by atoms with Crippen LogP contribution in [0, 0.1) is 6.92 Å². The summed E-state index contributed by atoms with van der Waals surface area (Å²) in [5, 5.41) is 0.769. The molecule has 2 rings (SSSR count). The Labute approximate surface area is 170 Å². The van der Waals surface area contributed by atoms with Crippen LogP contribution in [0.3, 0.4) is 0 Å². The van der Waals surface area contributed by atoms with Crippen LogP contribution in [-0.2, 0) is 0 Å². The number of ether oxygens (including phenoxy) is 2. The third-order valence-corrected chi connectivity index (χ3v) is 5.14. The Bertz CT molecular complexity index is 740. The predicted octanol–water partition coefficient (Wildman–Crippen LogP) is 3.40. The van der Waals surface area contributed by atoms with Crippen molar-refractivity contribution in [2.45, 2.75) is 19.9 Å². The minimum absolute atomic E-state index is 0. The fourth-order valence-electron chi connectivity index (χ4n) is 2.21. The number of aryl methyl sites for hydroxylation is 1. The third-order valence-electron chi connectivity index (χ3n) is 3.94. The average molecular weight is 422 g/mol. The molecule has 1 amide bonds. The number of benzene rings is 1. The van der Waals surface area contributed by atoms with Gasteiger partial charge in [0.1, 0.15) is 9.88 Å². The van der Waals surface area contributed by atoms with Gasteiger partial charge in [-0.1, -0.05) is 0 Å². The standard InChI is InChI=1S/C17H23N3O3S.2ClH/c1-10(9-18)20(3)17(21)15-11(2)19-16(24-15)12-6-7-13(22-4)14(8-12)23-5;;/h6-8,10H,9,18H2,1-5H3;2*1H. The van der Waals surface area contributed by atoms with Gasteiger partial charge in [-0.15, -0.1) is 36.2 Å². The van der Waals surface area contributed by atoms with Gasteiger partial charge < -0.3 is 20.1 Å². The van der Waals surface area contributed by atoms with Crippen LogP contribution in [-0.4, -0.2) is 49.6 Å². The highest BCUT2D eigenvalue weighted by Crippen LogP contribution is 2.35. The monoisotopic (exact) mass is 421 g/mol. The first kappa shape index (κ1) is 24.5. The van der Waals surface area contributed by atoms with Crippen molar-refractivity contribution >= 4 is 42.1 Å². The van der Waals surface area contributed by atoms with Gasteiger partial charge in [0.15, 0.2) is 11.5 Å². The first-order chi connectivity index (χ1) is 11.4. The number of rotatable bonds is 6. The number of nitrogens with two attached hydrogens (primary N) is 1. The second-order valence-corrected chi connectivity index (χ2v) is 6.50. The quantitative estimate of drug-likeness (QED) is 0.772. The Hall–Kier alpha value is -1.54. The van der Waals surface area contributed by atoms with Crippen molar-refractivity contribution < 1.29 is 14.3 Å². The zero-order valence-electron chi connectivity index (χ0n) is 15.4.